The van der Waals surface area contributed by atoms with Gasteiger partial charge in [-0.3, -0.25) is 9.59 Å². The number of carboxylic acids is 1. The monoisotopic (exact) mass is 373 g/mol. The zero-order valence-corrected chi connectivity index (χ0v) is 14.9. The second-order valence-corrected chi connectivity index (χ2v) is 8.83. The summed E-state index contributed by atoms with van der Waals surface area (Å²) in [6, 6.07) is 6.96. The maximum Gasteiger partial charge on any atom is 0.308 e. The molecule has 1 aliphatic heterocycles. The van der Waals surface area contributed by atoms with E-state index in [9.17, 15) is 23.1 Å². The lowest BCUT2D eigenvalue weighted by atomic mass is 9.89. The molecule has 0 bridgehead atoms. The molecule has 1 aromatic rings. The first kappa shape index (κ1) is 18.7. The Morgan fingerprint density at radius 1 is 1.25 bits per heavy atom. The molecule has 1 fully saturated rings. The van der Waals surface area contributed by atoms with Gasteiger partial charge in [-0.15, -0.1) is 0 Å². The van der Waals surface area contributed by atoms with E-state index >= 15 is 0 Å². The van der Waals surface area contributed by atoms with Crippen LogP contribution in [0.3, 0.4) is 0 Å². The zero-order valence-electron chi connectivity index (χ0n) is 13.3. The van der Waals surface area contributed by atoms with Gasteiger partial charge in [0.1, 0.15) is 9.84 Å². The molecule has 0 saturated carbocycles. The van der Waals surface area contributed by atoms with Crippen LogP contribution in [-0.4, -0.2) is 55.4 Å². The van der Waals surface area contributed by atoms with E-state index in [1.54, 1.807) is 24.3 Å². The Labute approximate surface area is 146 Å². The van der Waals surface area contributed by atoms with Gasteiger partial charge in [0.15, 0.2) is 0 Å². The maximum absolute atomic E-state index is 12.2. The minimum atomic E-state index is -3.10. The highest BCUT2D eigenvalue weighted by atomic mass is 35.5. The SMILES string of the molecule is CS(=O)(=O)CCCC(=O)N1C[C@@H](C(=O)O)[C@H](c2ccc(Cl)cc2)C1. The molecule has 132 valence electrons. The third-order valence-corrected chi connectivity index (χ3v) is 5.48. The highest BCUT2D eigenvalue weighted by Crippen LogP contribution is 2.33. The van der Waals surface area contributed by atoms with Gasteiger partial charge in [-0.25, -0.2) is 8.42 Å². The molecule has 1 aliphatic rings. The number of halogens is 1. The van der Waals surface area contributed by atoms with Crippen LogP contribution in [0.4, 0.5) is 0 Å². The van der Waals surface area contributed by atoms with Gasteiger partial charge in [-0.05, 0) is 24.1 Å². The van der Waals surface area contributed by atoms with Gasteiger partial charge in [-0.2, -0.15) is 0 Å². The molecule has 2 atom stereocenters. The first-order valence-electron chi connectivity index (χ1n) is 7.61. The Hall–Kier alpha value is -1.60. The van der Waals surface area contributed by atoms with Crippen molar-refractivity contribution in [2.24, 2.45) is 5.92 Å². The average molecular weight is 374 g/mol. The number of likely N-dealkylation sites (tertiary alicyclic amines) is 1. The summed E-state index contributed by atoms with van der Waals surface area (Å²) in [6.45, 7) is 0.455. The molecule has 1 heterocycles. The van der Waals surface area contributed by atoms with Crippen molar-refractivity contribution < 1.29 is 23.1 Å². The smallest absolute Gasteiger partial charge is 0.308 e. The van der Waals surface area contributed by atoms with Crippen molar-refractivity contribution in [3.05, 3.63) is 34.9 Å². The molecule has 1 N–H and O–H groups in total. The third kappa shape index (κ3) is 4.95. The van der Waals surface area contributed by atoms with Crippen LogP contribution in [0.15, 0.2) is 24.3 Å². The number of nitrogens with zero attached hydrogens (tertiary/aromatic N) is 1. The number of amides is 1. The van der Waals surface area contributed by atoms with Crippen molar-refractivity contribution in [2.45, 2.75) is 18.8 Å². The number of carbonyl (C=O) groups excluding carboxylic acids is 1. The van der Waals surface area contributed by atoms with Crippen molar-refractivity contribution >= 4 is 33.3 Å². The standard InChI is InChI=1S/C16H20ClNO5S/c1-24(22,23)8-2-3-15(19)18-9-13(14(10-18)16(20)21)11-4-6-12(17)7-5-11/h4-7,13-14H,2-3,8-10H2,1H3,(H,20,21)/t13-,14+/m0/s1. The summed E-state index contributed by atoms with van der Waals surface area (Å²) in [6.07, 6.45) is 1.48. The van der Waals surface area contributed by atoms with Crippen molar-refractivity contribution in [1.29, 1.82) is 0 Å². The van der Waals surface area contributed by atoms with E-state index in [1.165, 1.54) is 4.90 Å². The Morgan fingerprint density at radius 2 is 1.88 bits per heavy atom. The second-order valence-electron chi connectivity index (χ2n) is 6.13. The van der Waals surface area contributed by atoms with E-state index < -0.39 is 21.7 Å². The van der Waals surface area contributed by atoms with E-state index in [2.05, 4.69) is 0 Å². The lowest BCUT2D eigenvalue weighted by Gasteiger charge is -2.16. The summed E-state index contributed by atoms with van der Waals surface area (Å²) in [5.74, 6) is -2.17. The first-order chi connectivity index (χ1) is 11.2. The van der Waals surface area contributed by atoms with Gasteiger partial charge in [0.2, 0.25) is 5.91 Å². The molecule has 0 unspecified atom stereocenters. The fourth-order valence-corrected chi connectivity index (χ4v) is 3.74. The average Bonchev–Trinajstić information content (AvgIpc) is 2.92. The topological polar surface area (TPSA) is 91.8 Å². The van der Waals surface area contributed by atoms with Crippen molar-refractivity contribution in [1.82, 2.24) is 4.90 Å². The minimum absolute atomic E-state index is 0.0461. The number of carboxylic acid groups (broad SMARTS) is 1. The number of hydrogen-bond acceptors (Lipinski definition) is 4. The van der Waals surface area contributed by atoms with E-state index in [0.29, 0.717) is 11.6 Å². The molecular formula is C16H20ClNO5S. The van der Waals surface area contributed by atoms with Crippen LogP contribution in [-0.2, 0) is 19.4 Å². The number of hydrogen-bond donors (Lipinski definition) is 1. The molecule has 2 rings (SSSR count). The van der Waals surface area contributed by atoms with Crippen LogP contribution in [0, 0.1) is 5.92 Å². The second kappa shape index (κ2) is 7.53. The van der Waals surface area contributed by atoms with Gasteiger partial charge >= 0.3 is 5.97 Å². The van der Waals surface area contributed by atoms with E-state index in [0.717, 1.165) is 11.8 Å². The van der Waals surface area contributed by atoms with Crippen LogP contribution in [0.1, 0.15) is 24.3 Å². The van der Waals surface area contributed by atoms with Gasteiger partial charge < -0.3 is 10.0 Å². The summed E-state index contributed by atoms with van der Waals surface area (Å²) in [5, 5.41) is 10.0. The normalized spacial score (nSPS) is 21.0. The van der Waals surface area contributed by atoms with E-state index in [1.807, 2.05) is 0 Å². The zero-order chi connectivity index (χ0) is 17.9. The lowest BCUT2D eigenvalue weighted by molar-refractivity contribution is -0.141. The van der Waals surface area contributed by atoms with Gasteiger partial charge in [-0.1, -0.05) is 23.7 Å². The summed E-state index contributed by atoms with van der Waals surface area (Å²) in [7, 11) is -3.10. The molecule has 0 aromatic heterocycles. The molecule has 8 heteroatoms. The Bertz CT molecular complexity index is 716. The highest BCUT2D eigenvalue weighted by molar-refractivity contribution is 7.90. The first-order valence-corrected chi connectivity index (χ1v) is 10.0. The molecule has 6 nitrogen and oxygen atoms in total. The summed E-state index contributed by atoms with van der Waals surface area (Å²) < 4.78 is 22.3. The van der Waals surface area contributed by atoms with Gasteiger partial charge in [0.25, 0.3) is 0 Å². The molecule has 1 amide bonds. The molecule has 1 aromatic carbocycles. The predicted octanol–water partition coefficient (Wildman–Crippen LogP) is 1.79. The Balaban J connectivity index is 2.05. The quantitative estimate of drug-likeness (QED) is 0.820. The number of sulfone groups is 1. The van der Waals surface area contributed by atoms with Crippen LogP contribution < -0.4 is 0 Å². The number of rotatable bonds is 6. The number of carbonyl (C=O) groups is 2. The van der Waals surface area contributed by atoms with Crippen molar-refractivity contribution in [3.8, 4) is 0 Å². The van der Waals surface area contributed by atoms with Crippen LogP contribution in [0.2, 0.25) is 5.02 Å². The van der Waals surface area contributed by atoms with E-state index in [4.69, 9.17) is 11.6 Å². The largest absolute Gasteiger partial charge is 0.481 e. The molecule has 1 saturated heterocycles. The summed E-state index contributed by atoms with van der Waals surface area (Å²) in [5.41, 5.74) is 0.832. The fourth-order valence-electron chi connectivity index (χ4n) is 2.95. The predicted molar refractivity (Wildman–Crippen MR) is 90.8 cm³/mol. The summed E-state index contributed by atoms with van der Waals surface area (Å²) in [4.78, 5) is 25.3. The van der Waals surface area contributed by atoms with Gasteiger partial charge in [0.05, 0.1) is 11.7 Å². The molecule has 0 spiro atoms. The van der Waals surface area contributed by atoms with Gasteiger partial charge in [0, 0.05) is 36.7 Å². The van der Waals surface area contributed by atoms with Crippen molar-refractivity contribution in [3.63, 3.8) is 0 Å². The van der Waals surface area contributed by atoms with Crippen molar-refractivity contribution in [2.75, 3.05) is 25.1 Å². The highest BCUT2D eigenvalue weighted by Gasteiger charge is 2.40. The lowest BCUT2D eigenvalue weighted by Crippen LogP contribution is -2.30. The summed E-state index contributed by atoms with van der Waals surface area (Å²) >= 11 is 5.86. The Morgan fingerprint density at radius 3 is 2.42 bits per heavy atom. The number of aliphatic carboxylic acids is 1. The van der Waals surface area contributed by atoms with Crippen LogP contribution in [0.5, 0.6) is 0 Å². The van der Waals surface area contributed by atoms with E-state index in [-0.39, 0.29) is 37.0 Å². The van der Waals surface area contributed by atoms with Crippen LogP contribution in [0.25, 0.3) is 0 Å². The molecule has 0 aliphatic carbocycles. The van der Waals surface area contributed by atoms with Crippen LogP contribution >= 0.6 is 11.6 Å². The minimum Gasteiger partial charge on any atom is -0.481 e. The molecular weight excluding hydrogens is 354 g/mol. The Kier molecular flexibility index (Phi) is 5.87. The number of benzene rings is 1. The fraction of sp³-hybridized carbons (Fsp3) is 0.500. The molecule has 24 heavy (non-hydrogen) atoms. The molecule has 0 radical (unpaired) electrons. The third-order valence-electron chi connectivity index (χ3n) is 4.19. The maximum atomic E-state index is 12.2.